The first-order valence-electron chi connectivity index (χ1n) is 8.05. The summed E-state index contributed by atoms with van der Waals surface area (Å²) in [6.45, 7) is 0. The van der Waals surface area contributed by atoms with Crippen LogP contribution in [0.25, 0.3) is 0 Å². The first-order chi connectivity index (χ1) is 11.5. The zero-order valence-electron chi connectivity index (χ0n) is 13.1. The summed E-state index contributed by atoms with van der Waals surface area (Å²) >= 11 is 5.99. The second-order valence-corrected chi connectivity index (χ2v) is 7.24. The van der Waals surface area contributed by atoms with Crippen molar-refractivity contribution in [3.63, 3.8) is 0 Å². The molecule has 2 saturated carbocycles. The molecule has 6 heteroatoms. The number of nitrogens with one attached hydrogen (secondary N) is 1. The molecule has 4 aliphatic carbocycles. The molecule has 2 bridgehead atoms. The summed E-state index contributed by atoms with van der Waals surface area (Å²) in [7, 11) is 1.50. The Labute approximate surface area is 144 Å². The predicted octanol–water partition coefficient (Wildman–Crippen LogP) is 1.72. The third-order valence-electron chi connectivity index (χ3n) is 5.65. The van der Waals surface area contributed by atoms with Crippen LogP contribution in [0.3, 0.4) is 0 Å². The molecular weight excluding hydrogens is 330 g/mol. The molecule has 1 N–H and O–H groups in total. The highest BCUT2D eigenvalue weighted by Crippen LogP contribution is 2.63. The summed E-state index contributed by atoms with van der Waals surface area (Å²) in [5.74, 6) is -1.66. The zero-order valence-corrected chi connectivity index (χ0v) is 13.8. The lowest BCUT2D eigenvalue weighted by Gasteiger charge is -2.44. The monoisotopic (exact) mass is 346 g/mol. The Morgan fingerprint density at radius 2 is 1.88 bits per heavy atom. The fraction of sp³-hybridized carbons (Fsp3) is 0.444. The third-order valence-corrected chi connectivity index (χ3v) is 5.88. The second kappa shape index (κ2) is 5.52. The van der Waals surface area contributed by atoms with Crippen LogP contribution < -0.4 is 15.2 Å². The molecule has 0 aliphatic heterocycles. The summed E-state index contributed by atoms with van der Waals surface area (Å²) in [4.78, 5) is 24.6. The van der Waals surface area contributed by atoms with E-state index in [0.29, 0.717) is 28.3 Å². The van der Waals surface area contributed by atoms with Crippen molar-refractivity contribution in [3.05, 3.63) is 35.4 Å². The van der Waals surface area contributed by atoms with Crippen molar-refractivity contribution >= 4 is 29.2 Å². The molecule has 0 heterocycles. The van der Waals surface area contributed by atoms with Crippen LogP contribution in [0.5, 0.6) is 5.75 Å². The van der Waals surface area contributed by atoms with Gasteiger partial charge in [-0.05, 0) is 48.3 Å². The molecule has 0 aromatic heterocycles. The molecule has 2 fully saturated rings. The van der Waals surface area contributed by atoms with Gasteiger partial charge >= 0.3 is 0 Å². The van der Waals surface area contributed by atoms with Crippen LogP contribution in [0.4, 0.5) is 5.69 Å². The summed E-state index contributed by atoms with van der Waals surface area (Å²) in [6.07, 6.45) is 4.97. The minimum Gasteiger partial charge on any atom is -0.550 e. The Hall–Kier alpha value is -2.01. The van der Waals surface area contributed by atoms with Crippen LogP contribution in [0.2, 0.25) is 5.02 Å². The maximum absolute atomic E-state index is 12.9. The van der Waals surface area contributed by atoms with E-state index >= 15 is 0 Å². The Morgan fingerprint density at radius 1 is 1.21 bits per heavy atom. The van der Waals surface area contributed by atoms with Crippen molar-refractivity contribution in [2.45, 2.75) is 6.42 Å². The van der Waals surface area contributed by atoms with Gasteiger partial charge in [-0.25, -0.2) is 0 Å². The van der Waals surface area contributed by atoms with E-state index in [-0.39, 0.29) is 17.7 Å². The molecule has 0 radical (unpaired) electrons. The van der Waals surface area contributed by atoms with Gasteiger partial charge in [0.05, 0.1) is 18.7 Å². The fourth-order valence-electron chi connectivity index (χ4n) is 4.55. The summed E-state index contributed by atoms with van der Waals surface area (Å²) in [6, 6.07) is 4.93. The quantitative estimate of drug-likeness (QED) is 0.842. The van der Waals surface area contributed by atoms with Gasteiger partial charge < -0.3 is 20.0 Å². The summed E-state index contributed by atoms with van der Waals surface area (Å²) in [5, 5.41) is 15.0. The molecule has 4 aliphatic rings. The highest BCUT2D eigenvalue weighted by molar-refractivity contribution is 6.31. The Bertz CT molecular complexity index is 747. The number of halogens is 1. The number of carboxylic acid groups (broad SMARTS) is 1. The Balaban J connectivity index is 1.63. The molecule has 1 aromatic carbocycles. The predicted molar refractivity (Wildman–Crippen MR) is 86.3 cm³/mol. The van der Waals surface area contributed by atoms with Gasteiger partial charge in [0, 0.05) is 16.9 Å². The van der Waals surface area contributed by atoms with E-state index in [1.165, 1.54) is 7.11 Å². The standard InChI is InChI=1S/C18H18ClNO4/c1-24-14-5-2-8(19)6-13(14)20-17(21)15-9-3-4-10(12-7-11(9)12)16(15)18(22)23/h2-6,9-12,15-16H,7H2,1H3,(H,20,21)(H,22,23)/p-1/t9-,10+,11+,12-,15-,16-/m1/s1. The summed E-state index contributed by atoms with van der Waals surface area (Å²) in [5.41, 5.74) is 0.449. The van der Waals surface area contributed by atoms with Gasteiger partial charge in [-0.15, -0.1) is 0 Å². The molecule has 5 nitrogen and oxygen atoms in total. The number of methoxy groups -OCH3 is 1. The molecule has 6 atom stereocenters. The highest BCUT2D eigenvalue weighted by Gasteiger charge is 2.61. The topological polar surface area (TPSA) is 78.5 Å². The number of benzene rings is 1. The molecule has 1 amide bonds. The number of aliphatic carboxylic acids is 1. The van der Waals surface area contributed by atoms with Gasteiger partial charge in [0.2, 0.25) is 5.91 Å². The molecule has 0 unspecified atom stereocenters. The van der Waals surface area contributed by atoms with Crippen molar-refractivity contribution in [2.24, 2.45) is 35.5 Å². The minimum absolute atomic E-state index is 0.0342. The number of amides is 1. The molecule has 126 valence electrons. The molecular formula is C18H17ClNO4-. The average Bonchev–Trinajstić information content (AvgIpc) is 3.36. The maximum atomic E-state index is 12.9. The zero-order chi connectivity index (χ0) is 17.0. The molecule has 0 spiro atoms. The Morgan fingerprint density at radius 3 is 2.50 bits per heavy atom. The number of hydrogen-bond acceptors (Lipinski definition) is 4. The normalized spacial score (nSPS) is 35.2. The van der Waals surface area contributed by atoms with E-state index in [0.717, 1.165) is 6.42 Å². The largest absolute Gasteiger partial charge is 0.550 e. The minimum atomic E-state index is -1.14. The first kappa shape index (κ1) is 15.5. The van der Waals surface area contributed by atoms with Crippen LogP contribution in [0.1, 0.15) is 6.42 Å². The summed E-state index contributed by atoms with van der Waals surface area (Å²) < 4.78 is 5.24. The van der Waals surface area contributed by atoms with E-state index in [2.05, 4.69) is 5.32 Å². The fourth-order valence-corrected chi connectivity index (χ4v) is 4.72. The van der Waals surface area contributed by atoms with E-state index in [4.69, 9.17) is 16.3 Å². The number of ether oxygens (including phenoxy) is 1. The smallest absolute Gasteiger partial charge is 0.228 e. The van der Waals surface area contributed by atoms with Crippen LogP contribution in [0.15, 0.2) is 30.4 Å². The van der Waals surface area contributed by atoms with Crippen LogP contribution in [-0.2, 0) is 9.59 Å². The van der Waals surface area contributed by atoms with E-state index < -0.39 is 17.8 Å². The number of hydrogen-bond donors (Lipinski definition) is 1. The van der Waals surface area contributed by atoms with Crippen molar-refractivity contribution in [3.8, 4) is 5.75 Å². The molecule has 24 heavy (non-hydrogen) atoms. The second-order valence-electron chi connectivity index (χ2n) is 6.81. The van der Waals surface area contributed by atoms with Crippen LogP contribution in [0, 0.1) is 35.5 Å². The number of fused-ring (bicyclic) bond motifs is 1. The van der Waals surface area contributed by atoms with Gasteiger partial charge in [0.15, 0.2) is 0 Å². The van der Waals surface area contributed by atoms with Crippen molar-refractivity contribution in [1.82, 2.24) is 0 Å². The van der Waals surface area contributed by atoms with Crippen molar-refractivity contribution in [1.29, 1.82) is 0 Å². The van der Waals surface area contributed by atoms with Crippen molar-refractivity contribution in [2.75, 3.05) is 12.4 Å². The number of allylic oxidation sites excluding steroid dienone is 2. The van der Waals surface area contributed by atoms with E-state index in [1.54, 1.807) is 18.2 Å². The van der Waals surface area contributed by atoms with Crippen LogP contribution in [-0.4, -0.2) is 19.0 Å². The lowest BCUT2D eigenvalue weighted by molar-refractivity contribution is -0.316. The number of anilines is 1. The Kier molecular flexibility index (Phi) is 3.57. The lowest BCUT2D eigenvalue weighted by Crippen LogP contribution is -2.52. The average molecular weight is 347 g/mol. The molecule has 5 rings (SSSR count). The highest BCUT2D eigenvalue weighted by atomic mass is 35.5. The van der Waals surface area contributed by atoms with E-state index in [1.807, 2.05) is 12.2 Å². The van der Waals surface area contributed by atoms with Gasteiger partial charge in [-0.2, -0.15) is 0 Å². The van der Waals surface area contributed by atoms with Gasteiger partial charge in [-0.1, -0.05) is 23.8 Å². The SMILES string of the molecule is COc1ccc(Cl)cc1NC(=O)[C@@H]1[C@@H]2C=C[C@@H]([C@H]3C[C@@H]23)[C@H]1C(=O)[O-]. The van der Waals surface area contributed by atoms with Gasteiger partial charge in [-0.3, -0.25) is 4.79 Å². The van der Waals surface area contributed by atoms with Gasteiger partial charge in [0.1, 0.15) is 5.75 Å². The van der Waals surface area contributed by atoms with Crippen molar-refractivity contribution < 1.29 is 19.4 Å². The molecule has 0 saturated heterocycles. The van der Waals surface area contributed by atoms with E-state index in [9.17, 15) is 14.7 Å². The lowest BCUT2D eigenvalue weighted by atomic mass is 9.62. The number of carbonyl (C=O) groups is 2. The third kappa shape index (κ3) is 2.30. The maximum Gasteiger partial charge on any atom is 0.228 e. The van der Waals surface area contributed by atoms with Gasteiger partial charge in [0.25, 0.3) is 0 Å². The van der Waals surface area contributed by atoms with Crippen LogP contribution >= 0.6 is 11.6 Å². The number of rotatable bonds is 4. The number of carboxylic acids is 1. The number of carbonyl (C=O) groups excluding carboxylic acids is 2. The first-order valence-corrected chi connectivity index (χ1v) is 8.42. The molecule has 1 aromatic rings.